The van der Waals surface area contributed by atoms with Crippen LogP contribution in [0.4, 0.5) is 0 Å². The molecule has 0 heterocycles. The second-order valence-corrected chi connectivity index (χ2v) is 4.10. The summed E-state index contributed by atoms with van der Waals surface area (Å²) in [5.41, 5.74) is 0. The number of thioether (sulfide) groups is 1. The van der Waals surface area contributed by atoms with Gasteiger partial charge in [-0.05, 0) is 12.2 Å². The number of halogens is 1. The third-order valence-corrected chi connectivity index (χ3v) is 2.89. The van der Waals surface area contributed by atoms with Crippen LogP contribution in [0.25, 0.3) is 0 Å². The lowest BCUT2D eigenvalue weighted by atomic mass is 10.6. The summed E-state index contributed by atoms with van der Waals surface area (Å²) in [6, 6.07) is 0. The van der Waals surface area contributed by atoms with Crippen molar-refractivity contribution in [1.29, 1.82) is 0 Å². The van der Waals surface area contributed by atoms with E-state index in [1.54, 1.807) is 11.8 Å². The molecule has 0 aliphatic heterocycles. The predicted octanol–water partition coefficient (Wildman–Crippen LogP) is 1.88. The van der Waals surface area contributed by atoms with E-state index < -0.39 is 0 Å². The van der Waals surface area contributed by atoms with Gasteiger partial charge in [0, 0.05) is 5.75 Å². The Morgan fingerprint density at radius 1 is 1.75 bits per heavy atom. The summed E-state index contributed by atoms with van der Waals surface area (Å²) in [4.78, 5) is 0. The zero-order valence-corrected chi connectivity index (χ0v) is 7.91. The van der Waals surface area contributed by atoms with Crippen LogP contribution in [0.5, 0.6) is 0 Å². The monoisotopic (exact) mass is 246 g/mol. The van der Waals surface area contributed by atoms with Crippen molar-refractivity contribution >= 4 is 34.4 Å². The van der Waals surface area contributed by atoms with E-state index in [1.165, 1.54) is 12.2 Å². The predicted molar refractivity (Wildman–Crippen MR) is 47.6 cm³/mol. The molecule has 8 heavy (non-hydrogen) atoms. The van der Waals surface area contributed by atoms with E-state index in [4.69, 9.17) is 5.11 Å². The Kier molecular flexibility index (Phi) is 6.97. The highest BCUT2D eigenvalue weighted by atomic mass is 127. The molecule has 0 radical (unpaired) electrons. The van der Waals surface area contributed by atoms with Crippen molar-refractivity contribution in [3.05, 3.63) is 0 Å². The minimum atomic E-state index is -0.163. The van der Waals surface area contributed by atoms with Crippen molar-refractivity contribution in [1.82, 2.24) is 0 Å². The van der Waals surface area contributed by atoms with E-state index in [9.17, 15) is 0 Å². The fourth-order valence-corrected chi connectivity index (χ4v) is 1.74. The largest absolute Gasteiger partial charge is 0.382 e. The fourth-order valence-electron chi connectivity index (χ4n) is 0.325. The van der Waals surface area contributed by atoms with Crippen LogP contribution >= 0.6 is 34.4 Å². The zero-order chi connectivity index (χ0) is 6.41. The Morgan fingerprint density at radius 2 is 2.38 bits per heavy atom. The van der Waals surface area contributed by atoms with Crippen LogP contribution in [-0.2, 0) is 0 Å². The average molecular weight is 246 g/mol. The highest BCUT2D eigenvalue weighted by Gasteiger charge is 1.94. The summed E-state index contributed by atoms with van der Waals surface area (Å²) in [6.45, 7) is 2.15. The van der Waals surface area contributed by atoms with Gasteiger partial charge >= 0.3 is 0 Å². The number of hydrogen-bond acceptors (Lipinski definition) is 2. The third kappa shape index (κ3) is 7.04. The van der Waals surface area contributed by atoms with E-state index in [0.29, 0.717) is 0 Å². The topological polar surface area (TPSA) is 20.2 Å². The Bertz CT molecular complexity index is 49.7. The molecule has 0 aromatic heterocycles. The molecule has 0 aromatic rings. The Balaban J connectivity index is 2.72. The lowest BCUT2D eigenvalue weighted by Crippen LogP contribution is -1.98. The van der Waals surface area contributed by atoms with E-state index in [1.807, 2.05) is 22.6 Å². The Labute approximate surface area is 68.4 Å². The summed E-state index contributed by atoms with van der Waals surface area (Å²) in [7, 11) is 0. The van der Waals surface area contributed by atoms with Crippen LogP contribution < -0.4 is 0 Å². The molecule has 0 aliphatic carbocycles. The zero-order valence-electron chi connectivity index (χ0n) is 4.93. The molecule has 1 nitrogen and oxygen atoms in total. The minimum Gasteiger partial charge on any atom is -0.382 e. The Morgan fingerprint density at radius 3 is 2.75 bits per heavy atom. The molecule has 1 N–H and O–H groups in total. The van der Waals surface area contributed by atoms with Gasteiger partial charge in [-0.25, -0.2) is 0 Å². The minimum absolute atomic E-state index is 0.163. The SMILES string of the molecule is CCCSCC(O)I. The first-order valence-corrected chi connectivity index (χ1v) is 5.07. The van der Waals surface area contributed by atoms with Gasteiger partial charge in [-0.1, -0.05) is 29.5 Å². The third-order valence-electron chi connectivity index (χ3n) is 0.604. The van der Waals surface area contributed by atoms with Crippen molar-refractivity contribution in [2.24, 2.45) is 0 Å². The second kappa shape index (κ2) is 6.16. The van der Waals surface area contributed by atoms with Gasteiger partial charge in [-0.3, -0.25) is 0 Å². The normalized spacial score (nSPS) is 13.9. The molecule has 0 aliphatic rings. The van der Waals surface area contributed by atoms with E-state index in [-0.39, 0.29) is 4.11 Å². The summed E-state index contributed by atoms with van der Waals surface area (Å²) in [6.07, 6.45) is 1.20. The average Bonchev–Trinajstić information content (AvgIpc) is 1.66. The van der Waals surface area contributed by atoms with Crippen molar-refractivity contribution in [3.8, 4) is 0 Å². The van der Waals surface area contributed by atoms with Gasteiger partial charge in [0.2, 0.25) is 0 Å². The lowest BCUT2D eigenvalue weighted by molar-refractivity contribution is 0.304. The molecule has 0 saturated heterocycles. The number of rotatable bonds is 4. The van der Waals surface area contributed by atoms with Crippen molar-refractivity contribution in [2.45, 2.75) is 17.5 Å². The number of alkyl halides is 1. The summed E-state index contributed by atoms with van der Waals surface area (Å²) in [5, 5.41) is 8.74. The van der Waals surface area contributed by atoms with Gasteiger partial charge in [-0.2, -0.15) is 11.8 Å². The molecular formula is C5H11IOS. The molecular weight excluding hydrogens is 235 g/mol. The van der Waals surface area contributed by atoms with Crippen LogP contribution in [0, 0.1) is 0 Å². The molecule has 1 atom stereocenters. The highest BCUT2D eigenvalue weighted by Crippen LogP contribution is 2.07. The quantitative estimate of drug-likeness (QED) is 0.464. The maximum Gasteiger partial charge on any atom is 0.114 e. The maximum absolute atomic E-state index is 8.74. The summed E-state index contributed by atoms with van der Waals surface area (Å²) < 4.78 is -0.163. The smallest absolute Gasteiger partial charge is 0.114 e. The standard InChI is InChI=1S/C5H11IOS/c1-2-3-8-4-5(6)7/h5,7H,2-4H2,1H3. The number of aliphatic hydroxyl groups is 1. The first kappa shape index (κ1) is 9.04. The fraction of sp³-hybridized carbons (Fsp3) is 1.00. The number of aliphatic hydroxyl groups excluding tert-OH is 1. The molecule has 0 fully saturated rings. The number of hydrogen-bond donors (Lipinski definition) is 1. The summed E-state index contributed by atoms with van der Waals surface area (Å²) in [5.74, 6) is 2.04. The molecule has 0 amide bonds. The molecule has 50 valence electrons. The Hall–Kier alpha value is 1.04. The van der Waals surface area contributed by atoms with Crippen LogP contribution in [0.2, 0.25) is 0 Å². The van der Waals surface area contributed by atoms with Gasteiger partial charge in [0.1, 0.15) is 4.11 Å². The van der Waals surface area contributed by atoms with Gasteiger partial charge in [0.25, 0.3) is 0 Å². The van der Waals surface area contributed by atoms with Crippen molar-refractivity contribution in [3.63, 3.8) is 0 Å². The molecule has 0 bridgehead atoms. The van der Waals surface area contributed by atoms with E-state index in [0.717, 1.165) is 5.75 Å². The maximum atomic E-state index is 8.74. The lowest BCUT2D eigenvalue weighted by Gasteiger charge is -1.98. The molecule has 3 heteroatoms. The van der Waals surface area contributed by atoms with Crippen LogP contribution in [0.3, 0.4) is 0 Å². The van der Waals surface area contributed by atoms with Gasteiger partial charge in [0.15, 0.2) is 0 Å². The molecule has 0 spiro atoms. The van der Waals surface area contributed by atoms with Gasteiger partial charge < -0.3 is 5.11 Å². The first-order chi connectivity index (χ1) is 3.77. The van der Waals surface area contributed by atoms with Crippen molar-refractivity contribution < 1.29 is 5.11 Å². The summed E-state index contributed by atoms with van der Waals surface area (Å²) >= 11 is 3.82. The van der Waals surface area contributed by atoms with E-state index >= 15 is 0 Å². The highest BCUT2D eigenvalue weighted by molar-refractivity contribution is 14.1. The van der Waals surface area contributed by atoms with Gasteiger partial charge in [-0.15, -0.1) is 0 Å². The second-order valence-electron chi connectivity index (χ2n) is 1.51. The molecule has 0 aromatic carbocycles. The molecule has 0 saturated carbocycles. The van der Waals surface area contributed by atoms with Crippen LogP contribution in [0.1, 0.15) is 13.3 Å². The van der Waals surface area contributed by atoms with Crippen molar-refractivity contribution in [2.75, 3.05) is 11.5 Å². The first-order valence-electron chi connectivity index (χ1n) is 2.67. The van der Waals surface area contributed by atoms with Crippen LogP contribution in [-0.4, -0.2) is 20.7 Å². The van der Waals surface area contributed by atoms with Crippen LogP contribution in [0.15, 0.2) is 0 Å². The molecule has 1 unspecified atom stereocenters. The van der Waals surface area contributed by atoms with Gasteiger partial charge in [0.05, 0.1) is 0 Å². The molecule has 0 rings (SSSR count). The van der Waals surface area contributed by atoms with E-state index in [2.05, 4.69) is 6.92 Å².